The van der Waals surface area contributed by atoms with Crippen LogP contribution in [0.2, 0.25) is 0 Å². The molecule has 2 N–H and O–H groups in total. The maximum Gasteiger partial charge on any atom is 0.155 e. The topological polar surface area (TPSA) is 73.0 Å². The summed E-state index contributed by atoms with van der Waals surface area (Å²) in [5, 5.41) is 0.892. The number of hydrogen-bond donors (Lipinski definition) is 1. The molecule has 0 aliphatic rings. The van der Waals surface area contributed by atoms with E-state index in [1.54, 1.807) is 0 Å². The molecule has 18 heavy (non-hydrogen) atoms. The quantitative estimate of drug-likeness (QED) is 0.906. The number of rotatable bonds is 4. The van der Waals surface area contributed by atoms with Crippen molar-refractivity contribution in [1.29, 1.82) is 0 Å². The van der Waals surface area contributed by atoms with Crippen molar-refractivity contribution >= 4 is 20.7 Å². The predicted molar refractivity (Wildman–Crippen MR) is 73.0 cm³/mol. The van der Waals surface area contributed by atoms with Crippen molar-refractivity contribution in [2.75, 3.05) is 12.3 Å². The summed E-state index contributed by atoms with van der Waals surface area (Å²) in [6.07, 6.45) is 0. The Labute approximate surface area is 107 Å². The van der Waals surface area contributed by atoms with Crippen molar-refractivity contribution in [3.63, 3.8) is 0 Å². The molecule has 0 aliphatic carbocycles. The normalized spacial score (nSPS) is 11.9. The maximum atomic E-state index is 11.9. The van der Waals surface area contributed by atoms with E-state index < -0.39 is 9.84 Å². The fraction of sp³-hybridized carbons (Fsp3) is 0.308. The molecule has 1 aromatic carbocycles. The Balaban J connectivity index is 2.51. The lowest BCUT2D eigenvalue weighted by Crippen LogP contribution is -2.17. The second kappa shape index (κ2) is 5.04. The Morgan fingerprint density at radius 2 is 2.00 bits per heavy atom. The van der Waals surface area contributed by atoms with Crippen LogP contribution in [-0.4, -0.2) is 25.7 Å². The molecule has 5 heteroatoms. The van der Waals surface area contributed by atoms with Gasteiger partial charge in [0.2, 0.25) is 0 Å². The highest BCUT2D eigenvalue weighted by Crippen LogP contribution is 2.20. The largest absolute Gasteiger partial charge is 0.329 e. The number of nitrogens with zero attached hydrogens (tertiary/aromatic N) is 1. The zero-order chi connectivity index (χ0) is 13.2. The maximum absolute atomic E-state index is 11.9. The lowest BCUT2D eigenvalue weighted by Gasteiger charge is -2.08. The monoisotopic (exact) mass is 264 g/mol. The zero-order valence-electron chi connectivity index (χ0n) is 10.3. The van der Waals surface area contributed by atoms with Gasteiger partial charge in [-0.1, -0.05) is 18.2 Å². The average molecular weight is 264 g/mol. The van der Waals surface area contributed by atoms with Gasteiger partial charge in [-0.25, -0.2) is 8.42 Å². The van der Waals surface area contributed by atoms with Crippen LogP contribution in [-0.2, 0) is 15.6 Å². The molecule has 0 spiro atoms. The Bertz CT molecular complexity index is 666. The van der Waals surface area contributed by atoms with E-state index in [0.717, 1.165) is 22.2 Å². The molecule has 0 bridgehead atoms. The number of fused-ring (bicyclic) bond motifs is 1. The van der Waals surface area contributed by atoms with Gasteiger partial charge in [-0.15, -0.1) is 0 Å². The summed E-state index contributed by atoms with van der Waals surface area (Å²) in [5.41, 5.74) is 7.77. The van der Waals surface area contributed by atoms with Gasteiger partial charge in [0.25, 0.3) is 0 Å². The molecule has 0 aliphatic heterocycles. The molecule has 4 nitrogen and oxygen atoms in total. The van der Waals surface area contributed by atoms with E-state index in [2.05, 4.69) is 4.98 Å². The van der Waals surface area contributed by atoms with Gasteiger partial charge in [0.05, 0.1) is 17.0 Å². The lowest BCUT2D eigenvalue weighted by molar-refractivity contribution is 0.595. The van der Waals surface area contributed by atoms with Crippen molar-refractivity contribution in [1.82, 2.24) is 4.98 Å². The van der Waals surface area contributed by atoms with Gasteiger partial charge in [-0.05, 0) is 24.6 Å². The van der Waals surface area contributed by atoms with Crippen LogP contribution in [0, 0.1) is 6.92 Å². The van der Waals surface area contributed by atoms with Crippen LogP contribution in [0.4, 0.5) is 0 Å². The minimum absolute atomic E-state index is 0.0166. The lowest BCUT2D eigenvalue weighted by atomic mass is 10.1. The third kappa shape index (κ3) is 2.86. The molecule has 96 valence electrons. The molecule has 2 rings (SSSR count). The Morgan fingerprint density at radius 1 is 1.28 bits per heavy atom. The summed E-state index contributed by atoms with van der Waals surface area (Å²) in [7, 11) is -3.15. The standard InChI is InChI=1S/C13H16N2O2S/c1-10-8-11(9-18(16,17)7-6-14)12-4-2-3-5-13(12)15-10/h2-5,8H,6-7,9,14H2,1H3. The fourth-order valence-electron chi connectivity index (χ4n) is 2.00. The highest BCUT2D eigenvalue weighted by molar-refractivity contribution is 7.90. The first kappa shape index (κ1) is 13.0. The summed E-state index contributed by atoms with van der Waals surface area (Å²) in [4.78, 5) is 4.39. The van der Waals surface area contributed by atoms with E-state index >= 15 is 0 Å². The first-order valence-electron chi connectivity index (χ1n) is 5.77. The molecule has 0 amide bonds. The Morgan fingerprint density at radius 3 is 2.72 bits per heavy atom. The predicted octanol–water partition coefficient (Wildman–Crippen LogP) is 1.42. The number of aromatic nitrogens is 1. The molecule has 0 saturated carbocycles. The van der Waals surface area contributed by atoms with Gasteiger partial charge in [0.15, 0.2) is 9.84 Å². The SMILES string of the molecule is Cc1cc(CS(=O)(=O)CCN)c2ccccc2n1. The van der Waals surface area contributed by atoms with E-state index in [1.165, 1.54) is 0 Å². The number of nitrogens with two attached hydrogens (primary N) is 1. The van der Waals surface area contributed by atoms with Crippen molar-refractivity contribution < 1.29 is 8.42 Å². The Hall–Kier alpha value is -1.46. The van der Waals surface area contributed by atoms with Crippen LogP contribution >= 0.6 is 0 Å². The number of hydrogen-bond acceptors (Lipinski definition) is 4. The first-order valence-corrected chi connectivity index (χ1v) is 7.60. The van der Waals surface area contributed by atoms with Gasteiger partial charge in [0, 0.05) is 17.6 Å². The van der Waals surface area contributed by atoms with Gasteiger partial charge in [-0.3, -0.25) is 4.98 Å². The second-order valence-corrected chi connectivity index (χ2v) is 6.50. The van der Waals surface area contributed by atoms with E-state index in [0.29, 0.717) is 0 Å². The van der Waals surface area contributed by atoms with Gasteiger partial charge < -0.3 is 5.73 Å². The second-order valence-electron chi connectivity index (χ2n) is 4.32. The number of benzene rings is 1. The van der Waals surface area contributed by atoms with Crippen LogP contribution in [0.3, 0.4) is 0 Å². The summed E-state index contributed by atoms with van der Waals surface area (Å²) >= 11 is 0. The highest BCUT2D eigenvalue weighted by Gasteiger charge is 2.13. The molecular weight excluding hydrogens is 248 g/mol. The molecule has 0 fully saturated rings. The molecule has 1 heterocycles. The Kier molecular flexibility index (Phi) is 3.63. The van der Waals surface area contributed by atoms with Crippen molar-refractivity contribution in [2.45, 2.75) is 12.7 Å². The van der Waals surface area contributed by atoms with E-state index in [-0.39, 0.29) is 18.1 Å². The minimum Gasteiger partial charge on any atom is -0.329 e. The van der Waals surface area contributed by atoms with Gasteiger partial charge >= 0.3 is 0 Å². The molecule has 2 aromatic rings. The van der Waals surface area contributed by atoms with E-state index in [4.69, 9.17) is 5.73 Å². The van der Waals surface area contributed by atoms with Crippen LogP contribution in [0.5, 0.6) is 0 Å². The van der Waals surface area contributed by atoms with Crippen LogP contribution in [0.25, 0.3) is 10.9 Å². The summed E-state index contributed by atoms with van der Waals surface area (Å²) in [5.74, 6) is 0.0385. The summed E-state index contributed by atoms with van der Waals surface area (Å²) < 4.78 is 23.7. The van der Waals surface area contributed by atoms with Crippen molar-refractivity contribution in [2.24, 2.45) is 5.73 Å². The number of para-hydroxylation sites is 1. The molecule has 0 unspecified atom stereocenters. The number of sulfone groups is 1. The molecule has 0 atom stereocenters. The average Bonchev–Trinajstić information content (AvgIpc) is 2.28. The van der Waals surface area contributed by atoms with Crippen molar-refractivity contribution in [3.8, 4) is 0 Å². The summed E-state index contributed by atoms with van der Waals surface area (Å²) in [6.45, 7) is 2.02. The first-order chi connectivity index (χ1) is 8.52. The summed E-state index contributed by atoms with van der Waals surface area (Å²) in [6, 6.07) is 9.40. The van der Waals surface area contributed by atoms with Gasteiger partial charge in [0.1, 0.15) is 0 Å². The fourth-order valence-corrected chi connectivity index (χ4v) is 3.22. The zero-order valence-corrected chi connectivity index (χ0v) is 11.1. The molecule has 0 saturated heterocycles. The smallest absolute Gasteiger partial charge is 0.155 e. The third-order valence-electron chi connectivity index (χ3n) is 2.73. The minimum atomic E-state index is -3.15. The van der Waals surface area contributed by atoms with Crippen molar-refractivity contribution in [3.05, 3.63) is 41.6 Å². The van der Waals surface area contributed by atoms with Gasteiger partial charge in [-0.2, -0.15) is 0 Å². The third-order valence-corrected chi connectivity index (χ3v) is 4.34. The van der Waals surface area contributed by atoms with Crippen LogP contribution in [0.1, 0.15) is 11.3 Å². The van der Waals surface area contributed by atoms with Crippen LogP contribution in [0.15, 0.2) is 30.3 Å². The molecule has 0 radical (unpaired) electrons. The number of aryl methyl sites for hydroxylation is 1. The van der Waals surface area contributed by atoms with E-state index in [1.807, 2.05) is 37.3 Å². The van der Waals surface area contributed by atoms with E-state index in [9.17, 15) is 8.42 Å². The number of pyridine rings is 1. The molecule has 1 aromatic heterocycles. The highest BCUT2D eigenvalue weighted by atomic mass is 32.2. The molecular formula is C13H16N2O2S. The van der Waals surface area contributed by atoms with Crippen LogP contribution < -0.4 is 5.73 Å².